The number of nitrogens with zero attached hydrogens (tertiary/aromatic N) is 2. The van der Waals surface area contributed by atoms with Gasteiger partial charge in [-0.15, -0.1) is 12.4 Å². The normalized spacial score (nSPS) is 10.7. The molecule has 0 aliphatic heterocycles. The van der Waals surface area contributed by atoms with Gasteiger partial charge in [-0.1, -0.05) is 12.1 Å². The van der Waals surface area contributed by atoms with E-state index in [-0.39, 0.29) is 33.8 Å². The summed E-state index contributed by atoms with van der Waals surface area (Å²) in [4.78, 5) is 2.44. The molecule has 0 atom stereocenters. The Bertz CT molecular complexity index is 752. The van der Waals surface area contributed by atoms with Crippen molar-refractivity contribution in [2.75, 3.05) is 0 Å². The Labute approximate surface area is 109 Å². The van der Waals surface area contributed by atoms with Gasteiger partial charge in [0.25, 0.3) is 10.1 Å². The van der Waals surface area contributed by atoms with Crippen molar-refractivity contribution in [3.8, 4) is 5.75 Å². The Balaban J connectivity index is 0.00000162. The Hall–Kier alpha value is -1.88. The molecule has 2 aromatic carbocycles. The van der Waals surface area contributed by atoms with Crippen LogP contribution in [0.2, 0.25) is 0 Å². The second-order valence-electron chi connectivity index (χ2n) is 3.34. The van der Waals surface area contributed by atoms with Gasteiger partial charge in [0.05, 0.1) is 0 Å². The molecule has 0 unspecified atom stereocenters. The Morgan fingerprint density at radius 1 is 1.17 bits per heavy atom. The van der Waals surface area contributed by atoms with Crippen LogP contribution in [0.4, 0.5) is 5.69 Å². The van der Waals surface area contributed by atoms with E-state index in [0.717, 1.165) is 0 Å². The third kappa shape index (κ3) is 2.22. The van der Waals surface area contributed by atoms with Crippen molar-refractivity contribution in [1.29, 1.82) is 5.39 Å². The van der Waals surface area contributed by atoms with Crippen molar-refractivity contribution in [3.63, 3.8) is 0 Å². The van der Waals surface area contributed by atoms with Crippen LogP contribution in [-0.2, 0) is 10.1 Å². The standard InChI is InChI=1S/C10H6N2O4S.ClH/c11-12-8-5-4-6-7(10(8)13)2-1-3-9(6)17(14,15)16;/h1-5H,(H-,13,14,15,16);1H. The zero-order chi connectivity index (χ0) is 12.6. The van der Waals surface area contributed by atoms with Gasteiger partial charge in [-0.25, -0.2) is 0 Å². The quantitative estimate of drug-likeness (QED) is 0.638. The maximum absolute atomic E-state index is 11.7. The molecule has 0 amide bonds. The van der Waals surface area contributed by atoms with Gasteiger partial charge >= 0.3 is 5.69 Å². The number of hydrogen-bond acceptors (Lipinski definition) is 4. The number of hydrogen-bond donors (Lipinski definition) is 1. The molecule has 0 spiro atoms. The van der Waals surface area contributed by atoms with E-state index in [2.05, 4.69) is 4.98 Å². The van der Waals surface area contributed by atoms with Crippen LogP contribution in [0, 0.1) is 5.39 Å². The highest BCUT2D eigenvalue weighted by Gasteiger charge is 2.16. The molecule has 0 radical (unpaired) electrons. The van der Waals surface area contributed by atoms with E-state index in [1.807, 2.05) is 0 Å². The molecule has 18 heavy (non-hydrogen) atoms. The van der Waals surface area contributed by atoms with Crippen LogP contribution in [0.25, 0.3) is 15.7 Å². The van der Waals surface area contributed by atoms with Gasteiger partial charge < -0.3 is 5.11 Å². The van der Waals surface area contributed by atoms with Gasteiger partial charge in [0.2, 0.25) is 5.39 Å². The van der Waals surface area contributed by atoms with Gasteiger partial charge in [-0.3, -0.25) is 4.55 Å². The van der Waals surface area contributed by atoms with Gasteiger partial charge in [0, 0.05) is 11.5 Å². The summed E-state index contributed by atoms with van der Waals surface area (Å²) in [6, 6.07) is 6.39. The lowest BCUT2D eigenvalue weighted by Gasteiger charge is -2.09. The molecule has 0 aliphatic rings. The summed E-state index contributed by atoms with van der Waals surface area (Å²) in [6.45, 7) is 0. The first-order valence-electron chi connectivity index (χ1n) is 4.50. The maximum atomic E-state index is 11.7. The van der Waals surface area contributed by atoms with Gasteiger partial charge in [-0.05, 0) is 23.3 Å². The number of diazo groups is 1. The van der Waals surface area contributed by atoms with Crippen molar-refractivity contribution in [2.24, 2.45) is 0 Å². The van der Waals surface area contributed by atoms with Crippen molar-refractivity contribution in [3.05, 3.63) is 35.3 Å². The summed E-state index contributed by atoms with van der Waals surface area (Å²) in [6.07, 6.45) is 0. The monoisotopic (exact) mass is 286 g/mol. The van der Waals surface area contributed by atoms with E-state index in [0.29, 0.717) is 0 Å². The SMILES string of the molecule is Cl.N#[N+]c1ccc2c(S(=O)(=O)O)cccc2c1[O-]. The zero-order valence-corrected chi connectivity index (χ0v) is 10.4. The lowest BCUT2D eigenvalue weighted by Crippen LogP contribution is -2.00. The first kappa shape index (κ1) is 14.2. The first-order valence-corrected chi connectivity index (χ1v) is 5.94. The molecular weight excluding hydrogens is 280 g/mol. The third-order valence-electron chi connectivity index (χ3n) is 2.34. The lowest BCUT2D eigenvalue weighted by atomic mass is 10.1. The largest absolute Gasteiger partial charge is 0.867 e. The average molecular weight is 287 g/mol. The molecule has 6 nitrogen and oxygen atoms in total. The molecule has 0 saturated carbocycles. The molecule has 94 valence electrons. The van der Waals surface area contributed by atoms with E-state index < -0.39 is 15.9 Å². The fourth-order valence-electron chi connectivity index (χ4n) is 1.59. The van der Waals surface area contributed by atoms with E-state index in [4.69, 9.17) is 9.95 Å². The Kier molecular flexibility index (Phi) is 3.76. The predicted molar refractivity (Wildman–Crippen MR) is 65.2 cm³/mol. The van der Waals surface area contributed by atoms with Gasteiger partial charge in [0.15, 0.2) is 4.98 Å². The summed E-state index contributed by atoms with van der Waals surface area (Å²) >= 11 is 0. The molecule has 1 N–H and O–H groups in total. The third-order valence-corrected chi connectivity index (χ3v) is 3.25. The smallest absolute Gasteiger partial charge is 0.378 e. The van der Waals surface area contributed by atoms with E-state index >= 15 is 0 Å². The fraction of sp³-hybridized carbons (Fsp3) is 0. The molecule has 0 heterocycles. The van der Waals surface area contributed by atoms with E-state index in [9.17, 15) is 13.5 Å². The predicted octanol–water partition coefficient (Wildman–Crippen LogP) is 2.07. The molecule has 2 rings (SSSR count). The number of fused-ring (bicyclic) bond motifs is 1. The highest BCUT2D eigenvalue weighted by Crippen LogP contribution is 2.34. The topological polar surface area (TPSA) is 106 Å². The van der Waals surface area contributed by atoms with Crippen LogP contribution < -0.4 is 5.11 Å². The van der Waals surface area contributed by atoms with Crippen molar-refractivity contribution in [2.45, 2.75) is 4.90 Å². The zero-order valence-electron chi connectivity index (χ0n) is 8.77. The minimum atomic E-state index is -4.40. The number of benzene rings is 2. The minimum Gasteiger partial charge on any atom is -0.867 e. The first-order chi connectivity index (χ1) is 7.95. The fourth-order valence-corrected chi connectivity index (χ4v) is 2.30. The summed E-state index contributed by atoms with van der Waals surface area (Å²) in [5.41, 5.74) is -0.190. The van der Waals surface area contributed by atoms with Crippen LogP contribution in [0.5, 0.6) is 5.75 Å². The van der Waals surface area contributed by atoms with Crippen LogP contribution in [0.15, 0.2) is 35.2 Å². The molecular formula is C10H7ClN2O4S. The second-order valence-corrected chi connectivity index (χ2v) is 4.73. The molecule has 0 aromatic heterocycles. The van der Waals surface area contributed by atoms with Crippen molar-refractivity contribution < 1.29 is 18.1 Å². The number of rotatable bonds is 1. The maximum Gasteiger partial charge on any atom is 0.378 e. The number of halogens is 1. The Morgan fingerprint density at radius 3 is 2.39 bits per heavy atom. The van der Waals surface area contributed by atoms with Gasteiger partial charge in [-0.2, -0.15) is 8.42 Å². The molecule has 0 fully saturated rings. The van der Waals surface area contributed by atoms with Crippen LogP contribution in [0.1, 0.15) is 0 Å². The summed E-state index contributed by atoms with van der Waals surface area (Å²) < 4.78 is 31.2. The molecule has 0 bridgehead atoms. The highest BCUT2D eigenvalue weighted by atomic mass is 35.5. The average Bonchev–Trinajstić information content (AvgIpc) is 2.28. The van der Waals surface area contributed by atoms with Crippen LogP contribution >= 0.6 is 12.4 Å². The van der Waals surface area contributed by atoms with Crippen LogP contribution in [0.3, 0.4) is 0 Å². The summed E-state index contributed by atoms with van der Waals surface area (Å²) in [7, 11) is -4.40. The minimum absolute atomic E-state index is 0. The lowest BCUT2D eigenvalue weighted by molar-refractivity contribution is -0.264. The molecule has 0 saturated heterocycles. The van der Waals surface area contributed by atoms with Gasteiger partial charge in [0.1, 0.15) is 4.90 Å². The van der Waals surface area contributed by atoms with Crippen molar-refractivity contribution in [1.82, 2.24) is 0 Å². The Morgan fingerprint density at radius 2 is 1.83 bits per heavy atom. The molecule has 2 aromatic rings. The second kappa shape index (κ2) is 4.78. The highest BCUT2D eigenvalue weighted by molar-refractivity contribution is 7.86. The van der Waals surface area contributed by atoms with E-state index in [1.165, 1.54) is 30.3 Å². The van der Waals surface area contributed by atoms with Crippen LogP contribution in [-0.4, -0.2) is 13.0 Å². The summed E-state index contributed by atoms with van der Waals surface area (Å²) in [5, 5.41) is 20.4. The summed E-state index contributed by atoms with van der Waals surface area (Å²) in [5.74, 6) is -0.601. The molecule has 0 aliphatic carbocycles. The van der Waals surface area contributed by atoms with Crippen molar-refractivity contribution >= 4 is 39.0 Å². The molecule has 8 heteroatoms. The van der Waals surface area contributed by atoms with E-state index in [1.54, 1.807) is 0 Å².